The standard InChI is InChI=1S/C8H8BrN3O/c1-5(13)6-4-10-8-3-2-7(9)11-12(6)8/h2-5,13H,1H3. The molecule has 0 saturated carbocycles. The van der Waals surface area contributed by atoms with Crippen LogP contribution in [0.2, 0.25) is 0 Å². The fourth-order valence-electron chi connectivity index (χ4n) is 1.15. The first kappa shape index (κ1) is 8.65. The number of halogens is 1. The molecule has 2 rings (SSSR count). The normalized spacial score (nSPS) is 13.5. The number of aliphatic hydroxyl groups excluding tert-OH is 1. The minimum atomic E-state index is -0.559. The first-order chi connectivity index (χ1) is 6.18. The maximum atomic E-state index is 9.39. The Hall–Kier alpha value is -0.940. The van der Waals surface area contributed by atoms with Gasteiger partial charge in [0.2, 0.25) is 0 Å². The van der Waals surface area contributed by atoms with Crippen LogP contribution in [0, 0.1) is 0 Å². The Morgan fingerprint density at radius 1 is 1.54 bits per heavy atom. The maximum absolute atomic E-state index is 9.39. The van der Waals surface area contributed by atoms with Gasteiger partial charge in [-0.25, -0.2) is 9.50 Å². The van der Waals surface area contributed by atoms with Gasteiger partial charge in [0.15, 0.2) is 5.65 Å². The highest BCUT2D eigenvalue weighted by Gasteiger charge is 2.08. The molecule has 0 aliphatic heterocycles. The first-order valence-corrected chi connectivity index (χ1v) is 4.66. The van der Waals surface area contributed by atoms with Crippen LogP contribution in [0.15, 0.2) is 22.9 Å². The molecule has 0 spiro atoms. The van der Waals surface area contributed by atoms with Crippen molar-refractivity contribution in [3.63, 3.8) is 0 Å². The largest absolute Gasteiger partial charge is 0.387 e. The van der Waals surface area contributed by atoms with Crippen molar-refractivity contribution in [1.82, 2.24) is 14.6 Å². The second kappa shape index (κ2) is 3.08. The van der Waals surface area contributed by atoms with Gasteiger partial charge in [-0.1, -0.05) is 0 Å². The van der Waals surface area contributed by atoms with Crippen molar-refractivity contribution in [2.75, 3.05) is 0 Å². The van der Waals surface area contributed by atoms with Crippen LogP contribution in [0.3, 0.4) is 0 Å². The molecule has 0 bridgehead atoms. The van der Waals surface area contributed by atoms with E-state index in [1.807, 2.05) is 12.1 Å². The quantitative estimate of drug-likeness (QED) is 0.825. The van der Waals surface area contributed by atoms with E-state index in [0.717, 1.165) is 10.3 Å². The summed E-state index contributed by atoms with van der Waals surface area (Å²) in [5.41, 5.74) is 1.43. The van der Waals surface area contributed by atoms with Crippen LogP contribution in [0.4, 0.5) is 0 Å². The lowest BCUT2D eigenvalue weighted by molar-refractivity contribution is 0.192. The van der Waals surface area contributed by atoms with E-state index >= 15 is 0 Å². The summed E-state index contributed by atoms with van der Waals surface area (Å²) in [7, 11) is 0. The van der Waals surface area contributed by atoms with Gasteiger partial charge in [-0.05, 0) is 35.0 Å². The van der Waals surface area contributed by atoms with Gasteiger partial charge in [-0.2, -0.15) is 5.10 Å². The van der Waals surface area contributed by atoms with Crippen molar-refractivity contribution < 1.29 is 5.11 Å². The van der Waals surface area contributed by atoms with Crippen LogP contribution in [0.5, 0.6) is 0 Å². The third-order valence-corrected chi connectivity index (χ3v) is 2.21. The lowest BCUT2D eigenvalue weighted by Gasteiger charge is -2.02. The minimum absolute atomic E-state index is 0.559. The summed E-state index contributed by atoms with van der Waals surface area (Å²) < 4.78 is 2.34. The van der Waals surface area contributed by atoms with E-state index in [4.69, 9.17) is 0 Å². The highest BCUT2D eigenvalue weighted by Crippen LogP contribution is 2.14. The predicted molar refractivity (Wildman–Crippen MR) is 51.3 cm³/mol. The molecule has 1 unspecified atom stereocenters. The van der Waals surface area contributed by atoms with Crippen molar-refractivity contribution in [3.8, 4) is 0 Å². The van der Waals surface area contributed by atoms with Crippen LogP contribution in [-0.4, -0.2) is 19.7 Å². The van der Waals surface area contributed by atoms with Gasteiger partial charge in [0, 0.05) is 0 Å². The van der Waals surface area contributed by atoms with E-state index in [0.29, 0.717) is 5.69 Å². The molecule has 0 aromatic carbocycles. The predicted octanol–water partition coefficient (Wildman–Crippen LogP) is 1.55. The molecule has 68 valence electrons. The number of hydrogen-bond acceptors (Lipinski definition) is 3. The summed E-state index contributed by atoms with van der Waals surface area (Å²) in [6, 6.07) is 3.65. The Labute approximate surface area is 83.3 Å². The van der Waals surface area contributed by atoms with E-state index in [1.54, 1.807) is 17.6 Å². The molecular weight excluding hydrogens is 234 g/mol. The fraction of sp³-hybridized carbons (Fsp3) is 0.250. The number of imidazole rings is 1. The minimum Gasteiger partial charge on any atom is -0.387 e. The number of fused-ring (bicyclic) bond motifs is 1. The molecule has 0 aliphatic rings. The zero-order chi connectivity index (χ0) is 9.42. The van der Waals surface area contributed by atoms with E-state index in [1.165, 1.54) is 0 Å². The molecule has 0 saturated heterocycles. The van der Waals surface area contributed by atoms with Gasteiger partial charge in [-0.3, -0.25) is 0 Å². The average Bonchev–Trinajstić information content (AvgIpc) is 2.46. The summed E-state index contributed by atoms with van der Waals surface area (Å²) in [4.78, 5) is 4.10. The van der Waals surface area contributed by atoms with Crippen molar-refractivity contribution >= 4 is 21.6 Å². The lowest BCUT2D eigenvalue weighted by Crippen LogP contribution is -2.00. The van der Waals surface area contributed by atoms with Crippen molar-refractivity contribution in [2.45, 2.75) is 13.0 Å². The van der Waals surface area contributed by atoms with Crippen LogP contribution in [-0.2, 0) is 0 Å². The van der Waals surface area contributed by atoms with Crippen LogP contribution in [0.25, 0.3) is 5.65 Å². The molecule has 0 radical (unpaired) electrons. The molecule has 0 fully saturated rings. The van der Waals surface area contributed by atoms with Crippen LogP contribution >= 0.6 is 15.9 Å². The number of nitrogens with zero attached hydrogens (tertiary/aromatic N) is 3. The van der Waals surface area contributed by atoms with Crippen LogP contribution in [0.1, 0.15) is 18.7 Å². The number of aliphatic hydroxyl groups is 1. The third-order valence-electron chi connectivity index (χ3n) is 1.78. The summed E-state index contributed by atoms with van der Waals surface area (Å²) in [6.07, 6.45) is 1.07. The number of rotatable bonds is 1. The molecule has 13 heavy (non-hydrogen) atoms. The molecule has 0 amide bonds. The third kappa shape index (κ3) is 1.45. The molecule has 0 aliphatic carbocycles. The first-order valence-electron chi connectivity index (χ1n) is 3.87. The SMILES string of the molecule is CC(O)c1cnc2ccc(Br)nn12. The Morgan fingerprint density at radius 2 is 2.31 bits per heavy atom. The fourth-order valence-corrected chi connectivity index (χ4v) is 1.44. The second-order valence-corrected chi connectivity index (χ2v) is 3.60. The lowest BCUT2D eigenvalue weighted by atomic mass is 10.3. The monoisotopic (exact) mass is 241 g/mol. The molecular formula is C8H8BrN3O. The zero-order valence-electron chi connectivity index (χ0n) is 6.98. The van der Waals surface area contributed by atoms with E-state index in [9.17, 15) is 5.11 Å². The van der Waals surface area contributed by atoms with E-state index in [2.05, 4.69) is 26.0 Å². The molecule has 1 N–H and O–H groups in total. The zero-order valence-corrected chi connectivity index (χ0v) is 8.56. The highest BCUT2D eigenvalue weighted by molar-refractivity contribution is 9.10. The number of aromatic nitrogens is 3. The van der Waals surface area contributed by atoms with E-state index in [-0.39, 0.29) is 0 Å². The van der Waals surface area contributed by atoms with Gasteiger partial charge in [0.05, 0.1) is 18.0 Å². The second-order valence-electron chi connectivity index (χ2n) is 2.79. The topological polar surface area (TPSA) is 50.4 Å². The van der Waals surface area contributed by atoms with Crippen molar-refractivity contribution in [1.29, 1.82) is 0 Å². The Balaban J connectivity index is 2.71. The highest BCUT2D eigenvalue weighted by atomic mass is 79.9. The van der Waals surface area contributed by atoms with Crippen molar-refractivity contribution in [3.05, 3.63) is 28.6 Å². The summed E-state index contributed by atoms with van der Waals surface area (Å²) in [5.74, 6) is 0. The van der Waals surface area contributed by atoms with E-state index < -0.39 is 6.10 Å². The molecule has 4 nitrogen and oxygen atoms in total. The Morgan fingerprint density at radius 3 is 3.00 bits per heavy atom. The molecule has 5 heteroatoms. The summed E-state index contributed by atoms with van der Waals surface area (Å²) >= 11 is 3.26. The van der Waals surface area contributed by atoms with Gasteiger partial charge >= 0.3 is 0 Å². The maximum Gasteiger partial charge on any atom is 0.153 e. The molecule has 2 aromatic heterocycles. The number of hydrogen-bond donors (Lipinski definition) is 1. The molecule has 2 aromatic rings. The molecule has 2 heterocycles. The summed E-state index contributed by atoms with van der Waals surface area (Å²) in [5, 5.41) is 13.6. The smallest absolute Gasteiger partial charge is 0.153 e. The van der Waals surface area contributed by atoms with Gasteiger partial charge in [0.1, 0.15) is 4.60 Å². The Bertz CT molecular complexity index is 438. The van der Waals surface area contributed by atoms with Gasteiger partial charge < -0.3 is 5.11 Å². The van der Waals surface area contributed by atoms with Gasteiger partial charge in [0.25, 0.3) is 0 Å². The Kier molecular flexibility index (Phi) is 2.05. The molecule has 1 atom stereocenters. The summed E-state index contributed by atoms with van der Waals surface area (Å²) in [6.45, 7) is 1.69. The average molecular weight is 242 g/mol. The van der Waals surface area contributed by atoms with Crippen molar-refractivity contribution in [2.24, 2.45) is 0 Å². The van der Waals surface area contributed by atoms with Gasteiger partial charge in [-0.15, -0.1) is 0 Å². The van der Waals surface area contributed by atoms with Crippen LogP contribution < -0.4 is 0 Å².